The highest BCUT2D eigenvalue weighted by Crippen LogP contribution is 2.28. The largest absolute Gasteiger partial charge is 0.511 e. The van der Waals surface area contributed by atoms with Gasteiger partial charge in [0.25, 0.3) is 0 Å². The van der Waals surface area contributed by atoms with Gasteiger partial charge < -0.3 is 15.5 Å². The fraction of sp³-hybridized carbons (Fsp3) is 0.867. The Hall–Kier alpha value is -1.56. The minimum absolute atomic E-state index is 0.0677. The molecule has 8 nitrogen and oxygen atoms in total. The van der Waals surface area contributed by atoms with Crippen molar-refractivity contribution >= 4 is 21.9 Å². The van der Waals surface area contributed by atoms with Crippen molar-refractivity contribution in [2.45, 2.75) is 38.2 Å². The molecule has 27 heavy (non-hydrogen) atoms. The molecule has 0 aliphatic carbocycles. The molecule has 1 heterocycles. The summed E-state index contributed by atoms with van der Waals surface area (Å²) in [7, 11) is -2.07. The van der Waals surface area contributed by atoms with Crippen LogP contribution in [-0.2, 0) is 14.8 Å². The van der Waals surface area contributed by atoms with Crippen LogP contribution in [0, 0.1) is 5.92 Å². The number of halogens is 3. The second-order valence-electron chi connectivity index (χ2n) is 7.00. The first-order valence-corrected chi connectivity index (χ1v) is 10.1. The van der Waals surface area contributed by atoms with Gasteiger partial charge in [0.1, 0.15) is 6.54 Å². The fourth-order valence-electron chi connectivity index (χ4n) is 2.32. The van der Waals surface area contributed by atoms with E-state index >= 15 is 0 Å². The zero-order valence-electron chi connectivity index (χ0n) is 16.0. The van der Waals surface area contributed by atoms with Gasteiger partial charge in [0.2, 0.25) is 5.91 Å². The van der Waals surface area contributed by atoms with Crippen LogP contribution in [0.15, 0.2) is 4.99 Å². The van der Waals surface area contributed by atoms with Crippen LogP contribution in [0.25, 0.3) is 0 Å². The molecular formula is C15H28F3N5O3S. The number of carbonyl (C=O) groups excluding carboxylic acids is 1. The molecule has 1 rings (SSSR count). The minimum atomic E-state index is -5.29. The van der Waals surface area contributed by atoms with Crippen molar-refractivity contribution in [3.63, 3.8) is 0 Å². The molecule has 1 aliphatic heterocycles. The van der Waals surface area contributed by atoms with E-state index in [1.165, 1.54) is 4.90 Å². The van der Waals surface area contributed by atoms with Crippen molar-refractivity contribution in [1.82, 2.24) is 19.8 Å². The van der Waals surface area contributed by atoms with Crippen molar-refractivity contribution in [3.05, 3.63) is 0 Å². The number of alkyl halides is 3. The molecule has 0 spiro atoms. The van der Waals surface area contributed by atoms with Gasteiger partial charge in [0.15, 0.2) is 5.96 Å². The quantitative estimate of drug-likeness (QED) is 0.489. The first kappa shape index (κ1) is 23.5. The van der Waals surface area contributed by atoms with Gasteiger partial charge in [-0.1, -0.05) is 13.8 Å². The Labute approximate surface area is 158 Å². The zero-order valence-corrected chi connectivity index (χ0v) is 16.8. The molecule has 1 amide bonds. The van der Waals surface area contributed by atoms with Crippen molar-refractivity contribution in [2.24, 2.45) is 10.9 Å². The summed E-state index contributed by atoms with van der Waals surface area (Å²) >= 11 is 0. The molecule has 0 bridgehead atoms. The maximum Gasteiger partial charge on any atom is 0.511 e. The number of piperidine rings is 1. The van der Waals surface area contributed by atoms with Gasteiger partial charge in [-0.15, -0.1) is 0 Å². The smallest absolute Gasteiger partial charge is 0.356 e. The molecule has 12 heteroatoms. The van der Waals surface area contributed by atoms with Gasteiger partial charge in [-0.3, -0.25) is 4.79 Å². The minimum Gasteiger partial charge on any atom is -0.356 e. The molecule has 0 atom stereocenters. The third-order valence-electron chi connectivity index (χ3n) is 3.98. The van der Waals surface area contributed by atoms with Crippen LogP contribution in [0.4, 0.5) is 13.2 Å². The molecule has 158 valence electrons. The predicted octanol–water partition coefficient (Wildman–Crippen LogP) is 0.580. The number of nitrogens with one attached hydrogen (secondary N) is 2. The van der Waals surface area contributed by atoms with E-state index in [-0.39, 0.29) is 44.4 Å². The normalized spacial score (nSPS) is 17.9. The lowest BCUT2D eigenvalue weighted by Gasteiger charge is -2.32. The highest BCUT2D eigenvalue weighted by atomic mass is 32.2. The number of sulfonamides is 1. The summed E-state index contributed by atoms with van der Waals surface area (Å²) in [5, 5.41) is 6.16. The first-order valence-electron chi connectivity index (χ1n) is 8.66. The monoisotopic (exact) mass is 415 g/mol. The third kappa shape index (κ3) is 7.17. The second-order valence-corrected chi connectivity index (χ2v) is 8.93. The van der Waals surface area contributed by atoms with Gasteiger partial charge in [-0.25, -0.2) is 13.4 Å². The van der Waals surface area contributed by atoms with Crippen LogP contribution in [0.2, 0.25) is 0 Å². The van der Waals surface area contributed by atoms with Gasteiger partial charge in [-0.05, 0) is 18.8 Å². The number of nitrogens with zero attached hydrogens (tertiary/aromatic N) is 3. The summed E-state index contributed by atoms with van der Waals surface area (Å²) in [4.78, 5) is 17.3. The van der Waals surface area contributed by atoms with E-state index in [9.17, 15) is 26.4 Å². The second kappa shape index (κ2) is 9.58. The molecule has 0 aromatic heterocycles. The van der Waals surface area contributed by atoms with E-state index in [0.717, 1.165) is 0 Å². The molecule has 0 saturated carbocycles. The fourth-order valence-corrected chi connectivity index (χ4v) is 3.31. The number of aliphatic imine (C=N–C) groups is 1. The standard InChI is InChI=1S/C15H28F3N5O3S/c1-11(2)9-19-14(20-10-13(24)22(3)4)21-12-5-7-23(8-6-12)27(25,26)15(16,17)18/h11-12H,5-10H2,1-4H3,(H2,19,20,21). The highest BCUT2D eigenvalue weighted by Gasteiger charge is 2.50. The average Bonchev–Trinajstić information content (AvgIpc) is 2.56. The lowest BCUT2D eigenvalue weighted by Crippen LogP contribution is -2.52. The average molecular weight is 415 g/mol. The number of carbonyl (C=O) groups is 1. The van der Waals surface area contributed by atoms with Gasteiger partial charge in [0, 0.05) is 39.8 Å². The summed E-state index contributed by atoms with van der Waals surface area (Å²) in [6, 6.07) is -0.238. The predicted molar refractivity (Wildman–Crippen MR) is 96.5 cm³/mol. The molecule has 1 aliphatic rings. The number of hydrogen-bond donors (Lipinski definition) is 2. The van der Waals surface area contributed by atoms with Crippen molar-refractivity contribution in [3.8, 4) is 0 Å². The summed E-state index contributed by atoms with van der Waals surface area (Å²) in [5.74, 6) is 0.517. The number of hydrogen-bond acceptors (Lipinski definition) is 4. The van der Waals surface area contributed by atoms with Crippen LogP contribution in [-0.4, -0.2) is 81.3 Å². The Morgan fingerprint density at radius 1 is 1.26 bits per heavy atom. The van der Waals surface area contributed by atoms with Crippen molar-refractivity contribution in [2.75, 3.05) is 40.3 Å². The third-order valence-corrected chi connectivity index (χ3v) is 5.61. The number of likely N-dealkylation sites (N-methyl/N-ethyl adjacent to an activating group) is 1. The Balaban J connectivity index is 2.69. The Morgan fingerprint density at radius 2 is 1.81 bits per heavy atom. The van der Waals surface area contributed by atoms with Crippen LogP contribution in [0.1, 0.15) is 26.7 Å². The number of rotatable bonds is 6. The molecule has 0 aromatic carbocycles. The Bertz CT molecular complexity index is 627. The first-order chi connectivity index (χ1) is 12.3. The Kier molecular flexibility index (Phi) is 8.33. The van der Waals surface area contributed by atoms with E-state index in [4.69, 9.17) is 0 Å². The maximum absolute atomic E-state index is 12.6. The molecule has 0 unspecified atom stereocenters. The van der Waals surface area contributed by atoms with Crippen molar-refractivity contribution in [1.29, 1.82) is 0 Å². The lowest BCUT2D eigenvalue weighted by atomic mass is 10.1. The van der Waals surface area contributed by atoms with Crippen molar-refractivity contribution < 1.29 is 26.4 Å². The molecule has 0 radical (unpaired) electrons. The maximum atomic E-state index is 12.6. The molecule has 0 aromatic rings. The lowest BCUT2D eigenvalue weighted by molar-refractivity contribution is -0.127. The van der Waals surface area contributed by atoms with Gasteiger partial charge in [0.05, 0.1) is 0 Å². The molecule has 2 N–H and O–H groups in total. The van der Waals surface area contributed by atoms with Gasteiger partial charge >= 0.3 is 15.5 Å². The van der Waals surface area contributed by atoms with E-state index in [2.05, 4.69) is 15.6 Å². The summed E-state index contributed by atoms with van der Waals surface area (Å²) in [5.41, 5.74) is -5.29. The zero-order chi connectivity index (χ0) is 20.8. The highest BCUT2D eigenvalue weighted by molar-refractivity contribution is 7.90. The summed E-state index contributed by atoms with van der Waals surface area (Å²) in [6.07, 6.45) is 0.415. The summed E-state index contributed by atoms with van der Waals surface area (Å²) in [6.45, 7) is 4.07. The summed E-state index contributed by atoms with van der Waals surface area (Å²) < 4.78 is 61.3. The van der Waals surface area contributed by atoms with Gasteiger partial charge in [-0.2, -0.15) is 17.5 Å². The van der Waals surface area contributed by atoms with Crippen LogP contribution >= 0.6 is 0 Å². The number of amides is 1. The van der Waals surface area contributed by atoms with E-state index in [1.807, 2.05) is 13.8 Å². The van der Waals surface area contributed by atoms with Crippen LogP contribution in [0.3, 0.4) is 0 Å². The topological polar surface area (TPSA) is 94.1 Å². The van der Waals surface area contributed by atoms with Crippen LogP contribution in [0.5, 0.6) is 0 Å². The van der Waals surface area contributed by atoms with E-state index in [0.29, 0.717) is 22.7 Å². The Morgan fingerprint density at radius 3 is 2.26 bits per heavy atom. The van der Waals surface area contributed by atoms with E-state index in [1.54, 1.807) is 14.1 Å². The molecule has 1 fully saturated rings. The number of guanidine groups is 1. The van der Waals surface area contributed by atoms with E-state index < -0.39 is 15.5 Å². The SMILES string of the molecule is CC(C)CNC(=NCC(=O)N(C)C)NC1CCN(S(=O)(=O)C(F)(F)F)CC1. The molecule has 1 saturated heterocycles. The van der Waals surface area contributed by atoms with Crippen LogP contribution < -0.4 is 10.6 Å². The molecular weight excluding hydrogens is 387 g/mol.